The average Bonchev–Trinajstić information content (AvgIpc) is 3.16. The van der Waals surface area contributed by atoms with Crippen LogP contribution in [0.4, 0.5) is 10.5 Å². The fraction of sp³-hybridized carbons (Fsp3) is 0.294. The number of amides is 1. The summed E-state index contributed by atoms with van der Waals surface area (Å²) in [6.45, 7) is 0.346. The van der Waals surface area contributed by atoms with Gasteiger partial charge in [0.25, 0.3) is 0 Å². The van der Waals surface area contributed by atoms with Crippen molar-refractivity contribution in [2.45, 2.75) is 25.0 Å². The van der Waals surface area contributed by atoms with Gasteiger partial charge >= 0.3 is 6.09 Å². The van der Waals surface area contributed by atoms with Crippen LogP contribution >= 0.6 is 38.9 Å². The number of thiophene rings is 1. The van der Waals surface area contributed by atoms with E-state index in [4.69, 9.17) is 21.1 Å². The molecule has 0 N–H and O–H groups in total. The number of halogens is 2. The summed E-state index contributed by atoms with van der Waals surface area (Å²) in [6, 6.07) is 8.72. The average molecular weight is 443 g/mol. The van der Waals surface area contributed by atoms with E-state index >= 15 is 0 Å². The topological polar surface area (TPSA) is 55.8 Å². The molecule has 0 radical (unpaired) electrons. The van der Waals surface area contributed by atoms with Gasteiger partial charge in [0.1, 0.15) is 24.5 Å². The van der Waals surface area contributed by atoms with Crippen molar-refractivity contribution in [3.63, 3.8) is 0 Å². The maximum atomic E-state index is 12.3. The third-order valence-corrected chi connectivity index (χ3v) is 6.07. The van der Waals surface area contributed by atoms with Gasteiger partial charge in [-0.15, -0.1) is 11.3 Å². The molecule has 1 aromatic heterocycles. The molecule has 2 aromatic rings. The van der Waals surface area contributed by atoms with Gasteiger partial charge in [-0.3, -0.25) is 9.69 Å². The van der Waals surface area contributed by atoms with Crippen LogP contribution in [0.25, 0.3) is 0 Å². The lowest BCUT2D eigenvalue weighted by Crippen LogP contribution is -2.44. The summed E-state index contributed by atoms with van der Waals surface area (Å²) in [6.07, 6.45) is -0.0137. The fourth-order valence-electron chi connectivity index (χ4n) is 3.12. The summed E-state index contributed by atoms with van der Waals surface area (Å²) in [4.78, 5) is 26.8. The number of hydrogen-bond donors (Lipinski definition) is 0. The Morgan fingerprint density at radius 1 is 1.36 bits per heavy atom. The Hall–Kier alpha value is -1.57. The van der Waals surface area contributed by atoms with Crippen LogP contribution in [0.3, 0.4) is 0 Å². The molecule has 2 aliphatic heterocycles. The summed E-state index contributed by atoms with van der Waals surface area (Å²) in [5.74, 6) is 0.653. The third kappa shape index (κ3) is 3.16. The van der Waals surface area contributed by atoms with E-state index in [-0.39, 0.29) is 17.9 Å². The Morgan fingerprint density at radius 3 is 2.96 bits per heavy atom. The molecular weight excluding hydrogens is 430 g/mol. The molecule has 2 aliphatic rings. The fourth-order valence-corrected chi connectivity index (χ4v) is 4.47. The lowest BCUT2D eigenvalue weighted by atomic mass is 10.0. The second kappa shape index (κ2) is 6.63. The lowest BCUT2D eigenvalue weighted by molar-refractivity contribution is 0.0904. The minimum absolute atomic E-state index is 0.00691. The molecule has 1 fully saturated rings. The van der Waals surface area contributed by atoms with Crippen molar-refractivity contribution in [1.29, 1.82) is 0 Å². The summed E-state index contributed by atoms with van der Waals surface area (Å²) < 4.78 is 12.8. The van der Waals surface area contributed by atoms with E-state index in [1.165, 1.54) is 11.3 Å². The highest BCUT2D eigenvalue weighted by atomic mass is 79.9. The molecular formula is C17H13BrClNO4S. The van der Waals surface area contributed by atoms with Crippen molar-refractivity contribution in [3.05, 3.63) is 44.0 Å². The summed E-state index contributed by atoms with van der Waals surface area (Å²) in [5.41, 5.74) is 0.698. The monoisotopic (exact) mass is 441 g/mol. The van der Waals surface area contributed by atoms with Crippen molar-refractivity contribution in [2.75, 3.05) is 11.5 Å². The van der Waals surface area contributed by atoms with Crippen LogP contribution in [0.15, 0.2) is 34.8 Å². The zero-order valence-corrected chi connectivity index (χ0v) is 16.1. The van der Waals surface area contributed by atoms with Crippen LogP contribution in [0, 0.1) is 0 Å². The molecule has 0 unspecified atom stereocenters. The quantitative estimate of drug-likeness (QED) is 0.631. The largest absolute Gasteiger partial charge is 0.489 e. The van der Waals surface area contributed by atoms with E-state index in [0.29, 0.717) is 40.1 Å². The molecule has 130 valence electrons. The van der Waals surface area contributed by atoms with Gasteiger partial charge < -0.3 is 9.47 Å². The Balaban J connectivity index is 1.48. The van der Waals surface area contributed by atoms with Crippen LogP contribution in [0.5, 0.6) is 5.75 Å². The van der Waals surface area contributed by atoms with Crippen molar-refractivity contribution in [2.24, 2.45) is 0 Å². The second-order valence-electron chi connectivity index (χ2n) is 5.85. The molecule has 1 amide bonds. The highest BCUT2D eigenvalue weighted by molar-refractivity contribution is 9.10. The van der Waals surface area contributed by atoms with E-state index < -0.39 is 6.09 Å². The number of hydrogen-bond acceptors (Lipinski definition) is 5. The zero-order chi connectivity index (χ0) is 17.6. The van der Waals surface area contributed by atoms with Crippen molar-refractivity contribution in [3.8, 4) is 5.75 Å². The van der Waals surface area contributed by atoms with Crippen molar-refractivity contribution < 1.29 is 19.1 Å². The maximum absolute atomic E-state index is 12.3. The third-order valence-electron chi connectivity index (χ3n) is 4.30. The molecule has 5 nitrogen and oxygen atoms in total. The van der Waals surface area contributed by atoms with Crippen LogP contribution in [-0.4, -0.2) is 30.6 Å². The highest BCUT2D eigenvalue weighted by Gasteiger charge is 2.46. The number of benzene rings is 1. The minimum atomic E-state index is -0.395. The van der Waals surface area contributed by atoms with Crippen LogP contribution in [0.1, 0.15) is 22.5 Å². The molecule has 1 saturated heterocycles. The first-order valence-electron chi connectivity index (χ1n) is 7.73. The molecule has 3 heterocycles. The van der Waals surface area contributed by atoms with E-state index in [2.05, 4.69) is 15.9 Å². The molecule has 8 heteroatoms. The number of ketones is 1. The van der Waals surface area contributed by atoms with E-state index in [1.54, 1.807) is 17.0 Å². The predicted octanol–water partition coefficient (Wildman–Crippen LogP) is 4.91. The first kappa shape index (κ1) is 16.9. The summed E-state index contributed by atoms with van der Waals surface area (Å²) >= 11 is 10.5. The Kier molecular flexibility index (Phi) is 4.47. The van der Waals surface area contributed by atoms with E-state index in [9.17, 15) is 9.59 Å². The maximum Gasteiger partial charge on any atom is 0.415 e. The molecule has 4 rings (SSSR count). The molecule has 0 bridgehead atoms. The van der Waals surface area contributed by atoms with Crippen LogP contribution < -0.4 is 9.64 Å². The molecule has 25 heavy (non-hydrogen) atoms. The normalized spacial score (nSPS) is 21.4. The van der Waals surface area contributed by atoms with Gasteiger partial charge in [0.15, 0.2) is 5.78 Å². The van der Waals surface area contributed by atoms with E-state index in [0.717, 1.165) is 4.47 Å². The molecule has 2 atom stereocenters. The zero-order valence-electron chi connectivity index (χ0n) is 12.9. The van der Waals surface area contributed by atoms with Crippen molar-refractivity contribution in [1.82, 2.24) is 0 Å². The molecule has 0 spiro atoms. The number of fused-ring (bicyclic) bond motifs is 3. The van der Waals surface area contributed by atoms with E-state index in [1.807, 2.05) is 18.2 Å². The lowest BCUT2D eigenvalue weighted by Gasteiger charge is -2.31. The van der Waals surface area contributed by atoms with Gasteiger partial charge in [-0.25, -0.2) is 4.79 Å². The standard InChI is InChI=1S/C17H13BrClNO4S/c18-9-1-2-10-14(7-9)23-8-11-13(24-17(22)20(10)11)4-3-12(21)15-5-6-16(19)25-15/h1-2,5-7,11,13H,3-4,8H2/t11-,13-/m0/s1. The first-order valence-corrected chi connectivity index (χ1v) is 9.72. The molecule has 0 aliphatic carbocycles. The Labute approximate surface area is 161 Å². The van der Waals surface area contributed by atoms with Gasteiger partial charge in [0.05, 0.1) is 14.9 Å². The summed E-state index contributed by atoms with van der Waals surface area (Å²) in [7, 11) is 0. The Bertz CT molecular complexity index is 855. The number of ether oxygens (including phenoxy) is 2. The van der Waals surface area contributed by atoms with Gasteiger partial charge in [-0.2, -0.15) is 0 Å². The number of cyclic esters (lactones) is 1. The Morgan fingerprint density at radius 2 is 2.20 bits per heavy atom. The van der Waals surface area contributed by atoms with Gasteiger partial charge in [0.2, 0.25) is 0 Å². The number of carbonyl (C=O) groups excluding carboxylic acids is 2. The van der Waals surface area contributed by atoms with Gasteiger partial charge in [-0.05, 0) is 36.8 Å². The number of rotatable bonds is 4. The number of anilines is 1. The highest BCUT2D eigenvalue weighted by Crippen LogP contribution is 2.41. The van der Waals surface area contributed by atoms with Crippen LogP contribution in [0.2, 0.25) is 4.34 Å². The van der Waals surface area contributed by atoms with Gasteiger partial charge in [0, 0.05) is 10.9 Å². The molecule has 0 saturated carbocycles. The predicted molar refractivity (Wildman–Crippen MR) is 99.1 cm³/mol. The SMILES string of the molecule is O=C(CC[C@@H]1OC(=O)N2c3ccc(Br)cc3OC[C@@H]12)c1ccc(Cl)s1. The van der Waals surface area contributed by atoms with Gasteiger partial charge in [-0.1, -0.05) is 27.5 Å². The van der Waals surface area contributed by atoms with Crippen LogP contribution in [-0.2, 0) is 4.74 Å². The van der Waals surface area contributed by atoms with Crippen molar-refractivity contribution >= 4 is 56.4 Å². The second-order valence-corrected chi connectivity index (χ2v) is 8.48. The number of carbonyl (C=O) groups is 2. The first-order chi connectivity index (χ1) is 12.0. The minimum Gasteiger partial charge on any atom is -0.489 e. The smallest absolute Gasteiger partial charge is 0.415 e. The number of Topliss-reactive ketones (excluding diaryl/α,β-unsaturated/α-hetero) is 1. The summed E-state index contributed by atoms with van der Waals surface area (Å²) in [5, 5.41) is 0. The molecule has 1 aromatic carbocycles. The number of nitrogens with zero attached hydrogens (tertiary/aromatic N) is 1.